The van der Waals surface area contributed by atoms with Crippen LogP contribution in [0.1, 0.15) is 11.5 Å². The number of hydrogen-bond acceptors (Lipinski definition) is 4. The lowest BCUT2D eigenvalue weighted by Crippen LogP contribution is -2.18. The van der Waals surface area contributed by atoms with Crippen LogP contribution >= 0.6 is 0 Å². The van der Waals surface area contributed by atoms with Crippen molar-refractivity contribution in [1.29, 1.82) is 0 Å². The van der Waals surface area contributed by atoms with Crippen molar-refractivity contribution in [3.63, 3.8) is 0 Å². The number of pyridine rings is 1. The quantitative estimate of drug-likeness (QED) is 0.790. The molecule has 0 atom stereocenters. The SMILES string of the molecule is CN(Cc1ccco1)c1nc(CO)cc2ccccc12. The molecule has 0 fully saturated rings. The third kappa shape index (κ3) is 2.38. The van der Waals surface area contributed by atoms with Gasteiger partial charge in [-0.3, -0.25) is 0 Å². The van der Waals surface area contributed by atoms with E-state index in [0.29, 0.717) is 12.2 Å². The molecule has 102 valence electrons. The predicted molar refractivity (Wildman–Crippen MR) is 78.5 cm³/mol. The molecule has 1 aromatic carbocycles. The molecular formula is C16H16N2O2. The zero-order valence-corrected chi connectivity index (χ0v) is 11.3. The summed E-state index contributed by atoms with van der Waals surface area (Å²) in [6.07, 6.45) is 1.67. The number of furan rings is 1. The minimum absolute atomic E-state index is 0.0631. The van der Waals surface area contributed by atoms with Gasteiger partial charge in [0.25, 0.3) is 0 Å². The van der Waals surface area contributed by atoms with Crippen molar-refractivity contribution in [2.24, 2.45) is 0 Å². The van der Waals surface area contributed by atoms with Gasteiger partial charge in [0.1, 0.15) is 11.6 Å². The van der Waals surface area contributed by atoms with Crippen LogP contribution in [0.25, 0.3) is 10.8 Å². The highest BCUT2D eigenvalue weighted by molar-refractivity contribution is 5.92. The Bertz CT molecular complexity index is 708. The largest absolute Gasteiger partial charge is 0.467 e. The van der Waals surface area contributed by atoms with Crippen LogP contribution in [0.4, 0.5) is 5.82 Å². The number of benzene rings is 1. The molecular weight excluding hydrogens is 252 g/mol. The predicted octanol–water partition coefficient (Wildman–Crippen LogP) is 2.96. The van der Waals surface area contributed by atoms with Crippen LogP contribution in [-0.4, -0.2) is 17.1 Å². The van der Waals surface area contributed by atoms with Gasteiger partial charge in [-0.15, -0.1) is 0 Å². The van der Waals surface area contributed by atoms with Gasteiger partial charge in [0.15, 0.2) is 0 Å². The summed E-state index contributed by atoms with van der Waals surface area (Å²) in [5, 5.41) is 11.5. The van der Waals surface area contributed by atoms with Crippen molar-refractivity contribution >= 4 is 16.6 Å². The number of anilines is 1. The first-order chi connectivity index (χ1) is 9.78. The summed E-state index contributed by atoms with van der Waals surface area (Å²) in [5.74, 6) is 1.73. The molecule has 0 saturated heterocycles. The number of aliphatic hydroxyl groups excluding tert-OH is 1. The first-order valence-corrected chi connectivity index (χ1v) is 6.51. The van der Waals surface area contributed by atoms with E-state index in [1.165, 1.54) is 0 Å². The van der Waals surface area contributed by atoms with Crippen molar-refractivity contribution < 1.29 is 9.52 Å². The van der Waals surface area contributed by atoms with Crippen LogP contribution in [0.2, 0.25) is 0 Å². The minimum Gasteiger partial charge on any atom is -0.467 e. The van der Waals surface area contributed by atoms with Crippen molar-refractivity contribution in [1.82, 2.24) is 4.98 Å². The van der Waals surface area contributed by atoms with Gasteiger partial charge in [0.2, 0.25) is 0 Å². The van der Waals surface area contributed by atoms with Crippen molar-refractivity contribution in [2.75, 3.05) is 11.9 Å². The van der Waals surface area contributed by atoms with E-state index in [1.54, 1.807) is 6.26 Å². The summed E-state index contributed by atoms with van der Waals surface area (Å²) in [5.41, 5.74) is 0.671. The molecule has 0 amide bonds. The molecule has 3 aromatic rings. The molecule has 0 aliphatic rings. The van der Waals surface area contributed by atoms with Gasteiger partial charge in [0.05, 0.1) is 25.1 Å². The van der Waals surface area contributed by atoms with Crippen LogP contribution in [0.5, 0.6) is 0 Å². The van der Waals surface area contributed by atoms with E-state index >= 15 is 0 Å². The average molecular weight is 268 g/mol. The Morgan fingerprint density at radius 3 is 2.80 bits per heavy atom. The number of fused-ring (bicyclic) bond motifs is 1. The molecule has 1 N–H and O–H groups in total. The highest BCUT2D eigenvalue weighted by Gasteiger charge is 2.11. The Labute approximate surface area is 117 Å². The molecule has 4 nitrogen and oxygen atoms in total. The second-order valence-corrected chi connectivity index (χ2v) is 4.75. The fraction of sp³-hybridized carbons (Fsp3) is 0.188. The van der Waals surface area contributed by atoms with Crippen LogP contribution in [-0.2, 0) is 13.2 Å². The Hall–Kier alpha value is -2.33. The molecule has 0 spiro atoms. The molecule has 0 aliphatic heterocycles. The Balaban J connectivity index is 2.04. The average Bonchev–Trinajstić information content (AvgIpc) is 2.98. The van der Waals surface area contributed by atoms with E-state index in [2.05, 4.69) is 4.98 Å². The molecule has 0 aliphatic carbocycles. The molecule has 4 heteroatoms. The highest BCUT2D eigenvalue weighted by atomic mass is 16.3. The Morgan fingerprint density at radius 2 is 2.05 bits per heavy atom. The molecule has 0 saturated carbocycles. The number of hydrogen-bond donors (Lipinski definition) is 1. The summed E-state index contributed by atoms with van der Waals surface area (Å²) < 4.78 is 5.38. The summed E-state index contributed by atoms with van der Waals surface area (Å²) in [4.78, 5) is 6.56. The lowest BCUT2D eigenvalue weighted by molar-refractivity contribution is 0.277. The topological polar surface area (TPSA) is 49.5 Å². The lowest BCUT2D eigenvalue weighted by Gasteiger charge is -2.19. The van der Waals surface area contributed by atoms with Gasteiger partial charge in [-0.2, -0.15) is 0 Å². The number of nitrogens with zero attached hydrogens (tertiary/aromatic N) is 2. The zero-order chi connectivity index (χ0) is 13.9. The zero-order valence-electron chi connectivity index (χ0n) is 11.3. The molecule has 0 radical (unpaired) electrons. The molecule has 2 aromatic heterocycles. The van der Waals surface area contributed by atoms with E-state index in [0.717, 1.165) is 22.4 Å². The third-order valence-electron chi connectivity index (χ3n) is 3.27. The van der Waals surface area contributed by atoms with Gasteiger partial charge < -0.3 is 14.4 Å². The number of rotatable bonds is 4. The van der Waals surface area contributed by atoms with Gasteiger partial charge >= 0.3 is 0 Å². The minimum atomic E-state index is -0.0631. The Kier molecular flexibility index (Phi) is 3.39. The smallest absolute Gasteiger partial charge is 0.136 e. The van der Waals surface area contributed by atoms with E-state index < -0.39 is 0 Å². The number of aliphatic hydroxyl groups is 1. The maximum Gasteiger partial charge on any atom is 0.136 e. The van der Waals surface area contributed by atoms with E-state index in [1.807, 2.05) is 54.4 Å². The van der Waals surface area contributed by atoms with Crippen molar-refractivity contribution in [3.05, 3.63) is 60.2 Å². The van der Waals surface area contributed by atoms with Gasteiger partial charge in [-0.05, 0) is 23.6 Å². The van der Waals surface area contributed by atoms with E-state index in [-0.39, 0.29) is 6.61 Å². The molecule has 2 heterocycles. The first-order valence-electron chi connectivity index (χ1n) is 6.51. The highest BCUT2D eigenvalue weighted by Crippen LogP contribution is 2.26. The second kappa shape index (κ2) is 5.35. The van der Waals surface area contributed by atoms with Gasteiger partial charge in [-0.25, -0.2) is 4.98 Å². The maximum absolute atomic E-state index is 9.36. The molecule has 3 rings (SSSR count). The first kappa shape index (κ1) is 12.7. The van der Waals surface area contributed by atoms with Gasteiger partial charge in [0, 0.05) is 12.4 Å². The number of aromatic nitrogens is 1. The summed E-state index contributed by atoms with van der Waals surface area (Å²) in [6, 6.07) is 13.8. The summed E-state index contributed by atoms with van der Waals surface area (Å²) >= 11 is 0. The lowest BCUT2D eigenvalue weighted by atomic mass is 10.1. The normalized spacial score (nSPS) is 10.9. The van der Waals surface area contributed by atoms with Crippen LogP contribution in [0, 0.1) is 0 Å². The van der Waals surface area contributed by atoms with Gasteiger partial charge in [-0.1, -0.05) is 24.3 Å². The van der Waals surface area contributed by atoms with Crippen LogP contribution in [0.15, 0.2) is 53.1 Å². The second-order valence-electron chi connectivity index (χ2n) is 4.75. The third-order valence-corrected chi connectivity index (χ3v) is 3.27. The van der Waals surface area contributed by atoms with E-state index in [4.69, 9.17) is 4.42 Å². The van der Waals surface area contributed by atoms with Crippen LogP contribution in [0.3, 0.4) is 0 Å². The van der Waals surface area contributed by atoms with E-state index in [9.17, 15) is 5.11 Å². The Morgan fingerprint density at radius 1 is 1.20 bits per heavy atom. The fourth-order valence-corrected chi connectivity index (χ4v) is 2.32. The molecule has 0 unspecified atom stereocenters. The monoisotopic (exact) mass is 268 g/mol. The molecule has 0 bridgehead atoms. The standard InChI is InChI=1S/C16H16N2O2/c1-18(10-14-6-4-8-20-14)16-15-7-3-2-5-12(15)9-13(11-19)17-16/h2-9,19H,10-11H2,1H3. The molecule has 20 heavy (non-hydrogen) atoms. The maximum atomic E-state index is 9.36. The summed E-state index contributed by atoms with van der Waals surface area (Å²) in [7, 11) is 1.97. The van der Waals surface area contributed by atoms with Crippen molar-refractivity contribution in [2.45, 2.75) is 13.2 Å². The van der Waals surface area contributed by atoms with Crippen LogP contribution < -0.4 is 4.90 Å². The summed E-state index contributed by atoms with van der Waals surface area (Å²) in [6.45, 7) is 0.575. The fourth-order valence-electron chi connectivity index (χ4n) is 2.32. The van der Waals surface area contributed by atoms with Crippen molar-refractivity contribution in [3.8, 4) is 0 Å².